The van der Waals surface area contributed by atoms with Gasteiger partial charge in [-0.3, -0.25) is 26.2 Å². The molecular weight excluding hydrogens is 368 g/mol. The van der Waals surface area contributed by atoms with E-state index in [0.29, 0.717) is 25.2 Å². The minimum absolute atomic E-state index is 0.0926. The van der Waals surface area contributed by atoms with Crippen LogP contribution in [0.15, 0.2) is 66.3 Å². The van der Waals surface area contributed by atoms with Crippen LogP contribution in [0.1, 0.15) is 19.4 Å². The molecule has 1 fully saturated rings. The molecule has 1 aromatic carbocycles. The highest BCUT2D eigenvalue weighted by molar-refractivity contribution is 6.43. The van der Waals surface area contributed by atoms with E-state index in [9.17, 15) is 14.7 Å². The monoisotopic (exact) mass is 398 g/mol. The second-order valence-electron chi connectivity index (χ2n) is 7.75. The Hall–Kier alpha value is -2.58. The van der Waals surface area contributed by atoms with E-state index in [2.05, 4.69) is 35.3 Å². The number of aliphatic hydroxyl groups excluding tert-OH is 1. The summed E-state index contributed by atoms with van der Waals surface area (Å²) in [5.74, 6) is 6.78. The van der Waals surface area contributed by atoms with E-state index in [1.165, 1.54) is 11.6 Å². The third-order valence-corrected chi connectivity index (χ3v) is 5.16. The first-order chi connectivity index (χ1) is 13.8. The number of aliphatic hydroxyl groups is 1. The van der Waals surface area contributed by atoms with Crippen LogP contribution in [0.2, 0.25) is 0 Å². The van der Waals surface area contributed by atoms with Crippen LogP contribution < -0.4 is 11.7 Å². The summed E-state index contributed by atoms with van der Waals surface area (Å²) in [5.41, 5.74) is 1.26. The predicted octanol–water partition coefficient (Wildman–Crippen LogP) is 0.911. The molecule has 2 aliphatic rings. The number of rotatable bonds is 4. The number of amides is 1. The number of Topliss-reactive ketones (excluding diaryl/α,β-unsaturated/α-hetero) is 1. The van der Waals surface area contributed by atoms with Gasteiger partial charge in [-0.05, 0) is 25.0 Å². The lowest BCUT2D eigenvalue weighted by molar-refractivity contribution is -0.150. The first kappa shape index (κ1) is 22.7. The Morgan fingerprint density at radius 3 is 2.48 bits per heavy atom. The topological polar surface area (TPSA) is 113 Å². The standard InChI is InChI=1S/C22H26N2O3.H4N2/c1-16-8-7-11-18(19(16)25)20(26)21(27)24-13-12-23(15-22(24,2)3)14-17-9-5-4-6-10-17;1-2/h4-11,19,25H,1,12-15H2,2-3H3;1-2H2. The summed E-state index contributed by atoms with van der Waals surface area (Å²) >= 11 is 0. The largest absolute Gasteiger partial charge is 0.384 e. The number of carbonyl (C=O) groups excluding carboxylic acids is 2. The minimum Gasteiger partial charge on any atom is -0.384 e. The molecule has 0 radical (unpaired) electrons. The lowest BCUT2D eigenvalue weighted by Crippen LogP contribution is -2.62. The second kappa shape index (κ2) is 9.76. The van der Waals surface area contributed by atoms with Gasteiger partial charge in [-0.25, -0.2) is 0 Å². The Morgan fingerprint density at radius 2 is 1.86 bits per heavy atom. The predicted molar refractivity (Wildman–Crippen MR) is 113 cm³/mol. The van der Waals surface area contributed by atoms with E-state index >= 15 is 0 Å². The number of hydrazine groups is 1. The zero-order valence-electron chi connectivity index (χ0n) is 17.0. The van der Waals surface area contributed by atoms with Crippen LogP contribution in [0.3, 0.4) is 0 Å². The third kappa shape index (κ3) is 5.27. The minimum atomic E-state index is -1.12. The molecule has 0 aromatic heterocycles. The fraction of sp³-hybridized carbons (Fsp3) is 0.364. The van der Waals surface area contributed by atoms with Gasteiger partial charge in [0.1, 0.15) is 6.10 Å². The summed E-state index contributed by atoms with van der Waals surface area (Å²) in [4.78, 5) is 29.5. The fourth-order valence-corrected chi connectivity index (χ4v) is 3.71. The lowest BCUT2D eigenvalue weighted by atomic mass is 9.92. The number of carbonyl (C=O) groups is 2. The van der Waals surface area contributed by atoms with Gasteiger partial charge < -0.3 is 10.0 Å². The first-order valence-electron chi connectivity index (χ1n) is 9.50. The highest BCUT2D eigenvalue weighted by atomic mass is 16.3. The Morgan fingerprint density at radius 1 is 1.21 bits per heavy atom. The molecule has 0 saturated carbocycles. The van der Waals surface area contributed by atoms with Gasteiger partial charge in [0.25, 0.3) is 5.91 Å². The van der Waals surface area contributed by atoms with Crippen LogP contribution >= 0.6 is 0 Å². The molecule has 1 aliphatic carbocycles. The molecule has 1 amide bonds. The van der Waals surface area contributed by atoms with Crippen molar-refractivity contribution in [2.24, 2.45) is 11.7 Å². The normalized spacial score (nSPS) is 21.1. The zero-order chi connectivity index (χ0) is 21.6. The molecule has 5 N–H and O–H groups in total. The van der Waals surface area contributed by atoms with Gasteiger partial charge in [-0.1, -0.05) is 55.1 Å². The van der Waals surface area contributed by atoms with Crippen molar-refractivity contribution in [2.45, 2.75) is 32.0 Å². The summed E-state index contributed by atoms with van der Waals surface area (Å²) < 4.78 is 0. The molecule has 1 heterocycles. The molecular formula is C22H30N4O3. The maximum Gasteiger partial charge on any atom is 0.295 e. The quantitative estimate of drug-likeness (QED) is 0.395. The Balaban J connectivity index is 0.00000145. The molecule has 1 aromatic rings. The Labute approximate surface area is 171 Å². The summed E-state index contributed by atoms with van der Waals surface area (Å²) in [6.07, 6.45) is 3.66. The van der Waals surface area contributed by atoms with Crippen molar-refractivity contribution in [3.05, 3.63) is 71.8 Å². The Bertz CT molecular complexity index is 815. The smallest absolute Gasteiger partial charge is 0.295 e. The summed E-state index contributed by atoms with van der Waals surface area (Å²) in [6.45, 7) is 10.3. The van der Waals surface area contributed by atoms with Crippen LogP contribution in [0, 0.1) is 0 Å². The molecule has 7 heteroatoms. The van der Waals surface area contributed by atoms with E-state index in [1.807, 2.05) is 32.0 Å². The highest BCUT2D eigenvalue weighted by Gasteiger charge is 2.40. The van der Waals surface area contributed by atoms with Crippen LogP contribution in [0.4, 0.5) is 0 Å². The van der Waals surface area contributed by atoms with Gasteiger partial charge in [-0.2, -0.15) is 0 Å². The molecule has 7 nitrogen and oxygen atoms in total. The van der Waals surface area contributed by atoms with Crippen molar-refractivity contribution in [3.8, 4) is 0 Å². The van der Waals surface area contributed by atoms with Crippen LogP contribution in [-0.2, 0) is 16.1 Å². The molecule has 156 valence electrons. The molecule has 1 atom stereocenters. The van der Waals surface area contributed by atoms with Crippen molar-refractivity contribution in [3.63, 3.8) is 0 Å². The van der Waals surface area contributed by atoms with Crippen molar-refractivity contribution in [1.82, 2.24) is 9.80 Å². The molecule has 1 unspecified atom stereocenters. The average molecular weight is 399 g/mol. The number of piperazine rings is 1. The number of nitrogens with two attached hydrogens (primary N) is 2. The van der Waals surface area contributed by atoms with Crippen LogP contribution in [-0.4, -0.2) is 57.9 Å². The molecule has 0 bridgehead atoms. The highest BCUT2D eigenvalue weighted by Crippen LogP contribution is 2.25. The maximum atomic E-state index is 12.9. The van der Waals surface area contributed by atoms with E-state index in [-0.39, 0.29) is 5.57 Å². The number of allylic oxidation sites excluding steroid dienone is 2. The van der Waals surface area contributed by atoms with Crippen LogP contribution in [0.25, 0.3) is 0 Å². The number of benzene rings is 1. The molecule has 1 saturated heterocycles. The summed E-state index contributed by atoms with van der Waals surface area (Å²) in [7, 11) is 0. The number of hydrogen-bond acceptors (Lipinski definition) is 6. The van der Waals surface area contributed by atoms with Gasteiger partial charge >= 0.3 is 0 Å². The lowest BCUT2D eigenvalue weighted by Gasteiger charge is -2.47. The third-order valence-electron chi connectivity index (χ3n) is 5.16. The van der Waals surface area contributed by atoms with Crippen LogP contribution in [0.5, 0.6) is 0 Å². The summed E-state index contributed by atoms with van der Waals surface area (Å²) in [6, 6.07) is 10.2. The summed E-state index contributed by atoms with van der Waals surface area (Å²) in [5, 5.41) is 10.2. The SMILES string of the molecule is C=C1C=CC=C(C(=O)C(=O)N2CCN(Cc3ccccc3)CC2(C)C)C1O.NN. The van der Waals surface area contributed by atoms with E-state index in [1.54, 1.807) is 17.1 Å². The van der Waals surface area contributed by atoms with E-state index in [0.717, 1.165) is 6.54 Å². The van der Waals surface area contributed by atoms with Crippen molar-refractivity contribution in [2.75, 3.05) is 19.6 Å². The van der Waals surface area contributed by atoms with Gasteiger partial charge in [0.2, 0.25) is 5.78 Å². The molecule has 3 rings (SSSR count). The molecule has 1 aliphatic heterocycles. The second-order valence-corrected chi connectivity index (χ2v) is 7.75. The average Bonchev–Trinajstić information content (AvgIpc) is 2.71. The van der Waals surface area contributed by atoms with Gasteiger partial charge in [0.05, 0.1) is 5.54 Å². The van der Waals surface area contributed by atoms with Gasteiger partial charge in [-0.15, -0.1) is 0 Å². The first-order valence-corrected chi connectivity index (χ1v) is 9.50. The molecule has 0 spiro atoms. The van der Waals surface area contributed by atoms with Gasteiger partial charge in [0.15, 0.2) is 0 Å². The molecule has 29 heavy (non-hydrogen) atoms. The van der Waals surface area contributed by atoms with E-state index < -0.39 is 23.3 Å². The maximum absolute atomic E-state index is 12.9. The number of ketones is 1. The van der Waals surface area contributed by atoms with E-state index in [4.69, 9.17) is 0 Å². The van der Waals surface area contributed by atoms with Gasteiger partial charge in [0, 0.05) is 31.8 Å². The fourth-order valence-electron chi connectivity index (χ4n) is 3.71. The Kier molecular flexibility index (Phi) is 7.64. The van der Waals surface area contributed by atoms with Crippen molar-refractivity contribution in [1.29, 1.82) is 0 Å². The van der Waals surface area contributed by atoms with Crippen molar-refractivity contribution < 1.29 is 14.7 Å². The zero-order valence-corrected chi connectivity index (χ0v) is 17.0. The van der Waals surface area contributed by atoms with Crippen molar-refractivity contribution >= 4 is 11.7 Å². The number of nitrogens with zero attached hydrogens (tertiary/aromatic N) is 2. The number of hydrogen-bond donors (Lipinski definition) is 3.